The average molecular weight is 357 g/mol. The molecule has 3 rings (SSSR count). The van der Waals surface area contributed by atoms with Gasteiger partial charge in [-0.15, -0.1) is 13.2 Å². The van der Waals surface area contributed by atoms with Crippen molar-refractivity contribution >= 4 is 34.1 Å². The maximum Gasteiger partial charge on any atom is 0.573 e. The highest BCUT2D eigenvalue weighted by atomic mass is 35.5. The molecule has 0 fully saturated rings. The lowest BCUT2D eigenvalue weighted by atomic mass is 10.2. The first-order chi connectivity index (χ1) is 11.2. The van der Waals surface area contributed by atoms with Crippen LogP contribution in [-0.2, 0) is 7.05 Å². The third-order valence-electron chi connectivity index (χ3n) is 3.45. The van der Waals surface area contributed by atoms with Crippen molar-refractivity contribution in [1.82, 2.24) is 14.5 Å². The first-order valence-electron chi connectivity index (χ1n) is 6.83. The fourth-order valence-electron chi connectivity index (χ4n) is 2.37. The van der Waals surface area contributed by atoms with Gasteiger partial charge in [0.2, 0.25) is 5.28 Å². The summed E-state index contributed by atoms with van der Waals surface area (Å²) in [6, 6.07) is 7.30. The fourth-order valence-corrected chi connectivity index (χ4v) is 2.54. The Labute approximate surface area is 140 Å². The molecule has 0 amide bonds. The van der Waals surface area contributed by atoms with Crippen LogP contribution in [0.3, 0.4) is 0 Å². The first kappa shape index (κ1) is 16.4. The van der Waals surface area contributed by atoms with Gasteiger partial charge in [0.1, 0.15) is 11.3 Å². The highest BCUT2D eigenvalue weighted by Gasteiger charge is 2.31. The number of rotatable bonds is 3. The molecular formula is C15H12ClF3N4O. The summed E-state index contributed by atoms with van der Waals surface area (Å²) in [5, 5.41) is 0.0903. The van der Waals surface area contributed by atoms with E-state index in [4.69, 9.17) is 11.6 Å². The molecule has 0 saturated heterocycles. The summed E-state index contributed by atoms with van der Waals surface area (Å²) in [4.78, 5) is 10.1. The summed E-state index contributed by atoms with van der Waals surface area (Å²) in [5.74, 6) is 0.256. The molecule has 24 heavy (non-hydrogen) atoms. The minimum atomic E-state index is -4.72. The molecule has 0 N–H and O–H groups in total. The van der Waals surface area contributed by atoms with E-state index in [1.165, 1.54) is 24.3 Å². The Morgan fingerprint density at radius 1 is 1.12 bits per heavy atom. The van der Waals surface area contributed by atoms with Crippen LogP contribution in [0.5, 0.6) is 5.75 Å². The smallest absolute Gasteiger partial charge is 0.406 e. The number of hydrogen-bond donors (Lipinski definition) is 0. The number of fused-ring (bicyclic) bond motifs is 1. The number of benzene rings is 1. The molecule has 0 atom stereocenters. The summed E-state index contributed by atoms with van der Waals surface area (Å²) in [6.07, 6.45) is -2.89. The molecule has 1 aromatic carbocycles. The molecule has 3 aromatic rings. The molecule has 9 heteroatoms. The summed E-state index contributed by atoms with van der Waals surface area (Å²) in [5.41, 5.74) is 2.07. The number of anilines is 2. The zero-order valence-electron chi connectivity index (χ0n) is 12.7. The van der Waals surface area contributed by atoms with Crippen LogP contribution in [0.25, 0.3) is 11.0 Å². The lowest BCUT2D eigenvalue weighted by molar-refractivity contribution is -0.274. The van der Waals surface area contributed by atoms with Gasteiger partial charge >= 0.3 is 6.36 Å². The zero-order chi connectivity index (χ0) is 17.5. The Morgan fingerprint density at radius 3 is 2.42 bits per heavy atom. The number of aromatic nitrogens is 3. The van der Waals surface area contributed by atoms with E-state index in [-0.39, 0.29) is 11.0 Å². The van der Waals surface area contributed by atoms with Gasteiger partial charge in [0.05, 0.1) is 5.52 Å². The molecule has 0 unspecified atom stereocenters. The van der Waals surface area contributed by atoms with Crippen molar-refractivity contribution in [2.24, 2.45) is 7.05 Å². The van der Waals surface area contributed by atoms with Crippen molar-refractivity contribution in [2.75, 3.05) is 11.9 Å². The van der Waals surface area contributed by atoms with E-state index in [1.54, 1.807) is 18.0 Å². The van der Waals surface area contributed by atoms with Gasteiger partial charge in [-0.2, -0.15) is 4.98 Å². The predicted octanol–water partition coefficient (Wildman–Crippen LogP) is 4.29. The second kappa shape index (κ2) is 5.86. The maximum absolute atomic E-state index is 12.2. The van der Waals surface area contributed by atoms with Crippen LogP contribution in [0.2, 0.25) is 5.28 Å². The van der Waals surface area contributed by atoms with E-state index in [0.717, 1.165) is 5.52 Å². The minimum Gasteiger partial charge on any atom is -0.406 e. The summed E-state index contributed by atoms with van der Waals surface area (Å²) in [6.45, 7) is 0. The van der Waals surface area contributed by atoms with E-state index in [9.17, 15) is 13.2 Å². The van der Waals surface area contributed by atoms with Gasteiger partial charge in [0.25, 0.3) is 0 Å². The summed E-state index contributed by atoms with van der Waals surface area (Å²) < 4.78 is 42.4. The summed E-state index contributed by atoms with van der Waals surface area (Å²) in [7, 11) is 3.59. The van der Waals surface area contributed by atoms with Gasteiger partial charge in [-0.3, -0.25) is 0 Å². The van der Waals surface area contributed by atoms with Crippen molar-refractivity contribution < 1.29 is 17.9 Å². The van der Waals surface area contributed by atoms with Gasteiger partial charge in [-0.05, 0) is 41.9 Å². The highest BCUT2D eigenvalue weighted by Crippen LogP contribution is 2.31. The van der Waals surface area contributed by atoms with Crippen molar-refractivity contribution in [3.05, 3.63) is 41.8 Å². The Kier molecular flexibility index (Phi) is 4.00. The van der Waals surface area contributed by atoms with E-state index in [1.807, 2.05) is 17.8 Å². The third-order valence-corrected chi connectivity index (χ3v) is 3.62. The number of halogens is 4. The molecule has 126 valence electrons. The second-order valence-electron chi connectivity index (χ2n) is 5.08. The van der Waals surface area contributed by atoms with Crippen LogP contribution in [0.1, 0.15) is 0 Å². The molecule has 0 aliphatic rings. The van der Waals surface area contributed by atoms with E-state index in [2.05, 4.69) is 14.7 Å². The van der Waals surface area contributed by atoms with Gasteiger partial charge in [-0.25, -0.2) is 4.98 Å². The maximum atomic E-state index is 12.2. The van der Waals surface area contributed by atoms with Crippen molar-refractivity contribution in [2.45, 2.75) is 6.36 Å². The van der Waals surface area contributed by atoms with Crippen molar-refractivity contribution in [3.63, 3.8) is 0 Å². The molecule has 2 heterocycles. The third kappa shape index (κ3) is 3.23. The van der Waals surface area contributed by atoms with Gasteiger partial charge in [0, 0.05) is 26.0 Å². The van der Waals surface area contributed by atoms with Crippen molar-refractivity contribution in [1.29, 1.82) is 0 Å². The van der Waals surface area contributed by atoms with Gasteiger partial charge in [-0.1, -0.05) is 0 Å². The van der Waals surface area contributed by atoms with Crippen LogP contribution in [0, 0.1) is 0 Å². The second-order valence-corrected chi connectivity index (χ2v) is 5.42. The lowest BCUT2D eigenvalue weighted by Crippen LogP contribution is -2.17. The highest BCUT2D eigenvalue weighted by molar-refractivity contribution is 6.28. The molecule has 0 aliphatic heterocycles. The standard InChI is InChI=1S/C15H12ClF3N4O/c1-22-8-7-11-12(22)13(21-14(16)20-11)23(2)9-3-5-10(6-4-9)24-15(17,18)19/h3-8H,1-2H3. The van der Waals surface area contributed by atoms with Crippen molar-refractivity contribution in [3.8, 4) is 5.75 Å². The van der Waals surface area contributed by atoms with Crippen LogP contribution < -0.4 is 9.64 Å². The number of alkyl halides is 3. The zero-order valence-corrected chi connectivity index (χ0v) is 13.4. The molecule has 0 aliphatic carbocycles. The number of aryl methyl sites for hydroxylation is 1. The molecular weight excluding hydrogens is 345 g/mol. The normalized spacial score (nSPS) is 11.8. The van der Waals surface area contributed by atoms with E-state index in [0.29, 0.717) is 17.0 Å². The lowest BCUT2D eigenvalue weighted by Gasteiger charge is -2.20. The van der Waals surface area contributed by atoms with E-state index >= 15 is 0 Å². The molecule has 2 aromatic heterocycles. The predicted molar refractivity (Wildman–Crippen MR) is 84.7 cm³/mol. The van der Waals surface area contributed by atoms with E-state index < -0.39 is 6.36 Å². The topological polar surface area (TPSA) is 43.2 Å². The Bertz CT molecular complexity index is 877. The molecule has 0 saturated carbocycles. The van der Waals surface area contributed by atoms with Crippen LogP contribution in [-0.4, -0.2) is 27.9 Å². The Morgan fingerprint density at radius 2 is 1.79 bits per heavy atom. The molecule has 0 bridgehead atoms. The van der Waals surface area contributed by atoms with Crippen LogP contribution in [0.4, 0.5) is 24.7 Å². The van der Waals surface area contributed by atoms with Crippen LogP contribution in [0.15, 0.2) is 36.5 Å². The first-order valence-corrected chi connectivity index (χ1v) is 7.20. The Hall–Kier alpha value is -2.48. The molecule has 0 spiro atoms. The largest absolute Gasteiger partial charge is 0.573 e. The Balaban J connectivity index is 1.97. The fraction of sp³-hybridized carbons (Fsp3) is 0.200. The number of ether oxygens (including phenoxy) is 1. The summed E-state index contributed by atoms with van der Waals surface area (Å²) >= 11 is 5.96. The van der Waals surface area contributed by atoms with Gasteiger partial charge < -0.3 is 14.2 Å². The minimum absolute atomic E-state index is 0.0903. The molecule has 5 nitrogen and oxygen atoms in total. The average Bonchev–Trinajstić information content (AvgIpc) is 2.86. The van der Waals surface area contributed by atoms with Gasteiger partial charge in [0.15, 0.2) is 5.82 Å². The number of hydrogen-bond acceptors (Lipinski definition) is 4. The SMILES string of the molecule is CN(c1ccc(OC(F)(F)F)cc1)c1nc(Cl)nc2ccn(C)c12. The monoisotopic (exact) mass is 356 g/mol. The molecule has 0 radical (unpaired) electrons. The number of nitrogens with zero attached hydrogens (tertiary/aromatic N) is 4. The quantitative estimate of drug-likeness (QED) is 0.657. The van der Waals surface area contributed by atoms with Crippen LogP contribution >= 0.6 is 11.6 Å².